The maximum Gasteiger partial charge on any atom is 0.140 e. The predicted molar refractivity (Wildman–Crippen MR) is 74.6 cm³/mol. The van der Waals surface area contributed by atoms with E-state index in [0.717, 1.165) is 38.8 Å². The van der Waals surface area contributed by atoms with Crippen LogP contribution in [0.2, 0.25) is 0 Å². The minimum Gasteiger partial charge on any atom is -0.316 e. The Morgan fingerprint density at radius 3 is 2.78 bits per heavy atom. The molecular weight excluding hydrogens is 222 g/mol. The van der Waals surface area contributed by atoms with Crippen molar-refractivity contribution in [1.82, 2.24) is 5.32 Å². The second-order valence-electron chi connectivity index (χ2n) is 5.60. The molecule has 1 heterocycles. The molecule has 2 rings (SSSR count). The van der Waals surface area contributed by atoms with Crippen LogP contribution in [0.15, 0.2) is 30.3 Å². The Balaban J connectivity index is 1.78. The molecule has 1 N–H and O–H groups in total. The number of piperidine rings is 1. The van der Waals surface area contributed by atoms with Gasteiger partial charge in [0.1, 0.15) is 5.78 Å². The van der Waals surface area contributed by atoms with Gasteiger partial charge in [-0.2, -0.15) is 0 Å². The number of carbonyl (C=O) groups excluding carboxylic acids is 1. The molecule has 1 aromatic rings. The smallest absolute Gasteiger partial charge is 0.140 e. The molecule has 0 amide bonds. The first-order chi connectivity index (χ1) is 8.71. The Morgan fingerprint density at radius 2 is 2.11 bits per heavy atom. The van der Waals surface area contributed by atoms with E-state index < -0.39 is 0 Å². The Hall–Kier alpha value is -1.15. The lowest BCUT2D eigenvalue weighted by molar-refractivity contribution is -0.128. The summed E-state index contributed by atoms with van der Waals surface area (Å²) in [5, 5.41) is 3.34. The largest absolute Gasteiger partial charge is 0.316 e. The van der Waals surface area contributed by atoms with Crippen molar-refractivity contribution < 1.29 is 4.79 Å². The topological polar surface area (TPSA) is 29.1 Å². The van der Waals surface area contributed by atoms with E-state index in [4.69, 9.17) is 0 Å². The lowest BCUT2D eigenvalue weighted by Gasteiger charge is -2.32. The molecule has 2 nitrogen and oxygen atoms in total. The van der Waals surface area contributed by atoms with E-state index in [1.807, 2.05) is 6.07 Å². The molecule has 2 heteroatoms. The summed E-state index contributed by atoms with van der Waals surface area (Å²) in [6.07, 6.45) is 4.87. The van der Waals surface area contributed by atoms with Crippen LogP contribution in [0.3, 0.4) is 0 Å². The third-order valence-electron chi connectivity index (χ3n) is 3.98. The number of ketones is 1. The van der Waals surface area contributed by atoms with Crippen LogP contribution in [0.25, 0.3) is 0 Å². The first kappa shape index (κ1) is 13.3. The minimum absolute atomic E-state index is 0.116. The van der Waals surface area contributed by atoms with E-state index >= 15 is 0 Å². The molecule has 1 atom stereocenters. The molecule has 0 aromatic heterocycles. The third kappa shape index (κ3) is 3.42. The SMILES string of the molecule is CC1(C(=O)CCCc2ccccc2)CCCNC1. The summed E-state index contributed by atoms with van der Waals surface area (Å²) in [4.78, 5) is 12.3. The minimum atomic E-state index is -0.116. The molecular formula is C16H23NO. The Labute approximate surface area is 110 Å². The lowest BCUT2D eigenvalue weighted by atomic mass is 9.77. The maximum absolute atomic E-state index is 12.3. The average molecular weight is 245 g/mol. The second-order valence-corrected chi connectivity index (χ2v) is 5.60. The van der Waals surface area contributed by atoms with Crippen LogP contribution in [0.5, 0.6) is 0 Å². The molecule has 98 valence electrons. The van der Waals surface area contributed by atoms with Crippen molar-refractivity contribution in [3.05, 3.63) is 35.9 Å². The summed E-state index contributed by atoms with van der Waals surface area (Å²) in [6.45, 7) is 4.04. The van der Waals surface area contributed by atoms with Crippen LogP contribution in [-0.4, -0.2) is 18.9 Å². The van der Waals surface area contributed by atoms with Gasteiger partial charge >= 0.3 is 0 Å². The normalized spacial score (nSPS) is 23.8. The number of carbonyl (C=O) groups is 1. The number of hydrogen-bond donors (Lipinski definition) is 1. The summed E-state index contributed by atoms with van der Waals surface area (Å²) in [6, 6.07) is 10.4. The van der Waals surface area contributed by atoms with Crippen molar-refractivity contribution >= 4 is 5.78 Å². The number of aryl methyl sites for hydroxylation is 1. The highest BCUT2D eigenvalue weighted by molar-refractivity contribution is 5.84. The van der Waals surface area contributed by atoms with Gasteiger partial charge in [-0.25, -0.2) is 0 Å². The quantitative estimate of drug-likeness (QED) is 0.864. The molecule has 0 radical (unpaired) electrons. The van der Waals surface area contributed by atoms with E-state index in [0.29, 0.717) is 12.2 Å². The summed E-state index contributed by atoms with van der Waals surface area (Å²) < 4.78 is 0. The Morgan fingerprint density at radius 1 is 1.33 bits per heavy atom. The molecule has 0 saturated carbocycles. The van der Waals surface area contributed by atoms with Gasteiger partial charge in [0.2, 0.25) is 0 Å². The zero-order chi connectivity index (χ0) is 12.8. The van der Waals surface area contributed by atoms with E-state index in [1.165, 1.54) is 5.56 Å². The van der Waals surface area contributed by atoms with Gasteiger partial charge in [0.15, 0.2) is 0 Å². The Kier molecular flexibility index (Phi) is 4.54. The number of benzene rings is 1. The van der Waals surface area contributed by atoms with Gasteiger partial charge in [-0.05, 0) is 37.8 Å². The Bertz CT molecular complexity index is 379. The maximum atomic E-state index is 12.3. The van der Waals surface area contributed by atoms with Gasteiger partial charge in [0.05, 0.1) is 0 Å². The highest BCUT2D eigenvalue weighted by Gasteiger charge is 2.33. The summed E-state index contributed by atoms with van der Waals surface area (Å²) in [5.74, 6) is 0.436. The van der Waals surface area contributed by atoms with Crippen LogP contribution < -0.4 is 5.32 Å². The van der Waals surface area contributed by atoms with Gasteiger partial charge < -0.3 is 5.32 Å². The zero-order valence-electron chi connectivity index (χ0n) is 11.2. The van der Waals surface area contributed by atoms with Crippen LogP contribution in [0.1, 0.15) is 38.2 Å². The van der Waals surface area contributed by atoms with Crippen LogP contribution in [0.4, 0.5) is 0 Å². The molecule has 1 aromatic carbocycles. The monoisotopic (exact) mass is 245 g/mol. The molecule has 1 aliphatic heterocycles. The van der Waals surface area contributed by atoms with E-state index in [1.54, 1.807) is 0 Å². The highest BCUT2D eigenvalue weighted by Crippen LogP contribution is 2.28. The summed E-state index contributed by atoms with van der Waals surface area (Å²) in [5.41, 5.74) is 1.21. The van der Waals surface area contributed by atoms with Crippen molar-refractivity contribution in [2.24, 2.45) is 5.41 Å². The molecule has 0 aliphatic carbocycles. The van der Waals surface area contributed by atoms with Crippen LogP contribution in [0, 0.1) is 5.41 Å². The van der Waals surface area contributed by atoms with Crippen molar-refractivity contribution in [2.75, 3.05) is 13.1 Å². The molecule has 0 spiro atoms. The highest BCUT2D eigenvalue weighted by atomic mass is 16.1. The molecule has 1 fully saturated rings. The first-order valence-electron chi connectivity index (χ1n) is 6.99. The fourth-order valence-corrected chi connectivity index (χ4v) is 2.69. The van der Waals surface area contributed by atoms with Gasteiger partial charge in [-0.15, -0.1) is 0 Å². The molecule has 0 bridgehead atoms. The number of rotatable bonds is 5. The average Bonchev–Trinajstić information content (AvgIpc) is 2.41. The van der Waals surface area contributed by atoms with E-state index in [-0.39, 0.29) is 5.41 Å². The van der Waals surface area contributed by atoms with Crippen LogP contribution in [-0.2, 0) is 11.2 Å². The fraction of sp³-hybridized carbons (Fsp3) is 0.562. The number of hydrogen-bond acceptors (Lipinski definition) is 2. The van der Waals surface area contributed by atoms with Gasteiger partial charge in [-0.3, -0.25) is 4.79 Å². The predicted octanol–water partition coefficient (Wildman–Crippen LogP) is 2.97. The van der Waals surface area contributed by atoms with Crippen molar-refractivity contribution in [1.29, 1.82) is 0 Å². The van der Waals surface area contributed by atoms with E-state index in [2.05, 4.69) is 36.5 Å². The molecule has 1 unspecified atom stereocenters. The lowest BCUT2D eigenvalue weighted by Crippen LogP contribution is -2.43. The van der Waals surface area contributed by atoms with Crippen molar-refractivity contribution in [3.8, 4) is 0 Å². The van der Waals surface area contributed by atoms with E-state index in [9.17, 15) is 4.79 Å². The van der Waals surface area contributed by atoms with Crippen molar-refractivity contribution in [3.63, 3.8) is 0 Å². The number of nitrogens with one attached hydrogen (secondary N) is 1. The van der Waals surface area contributed by atoms with Crippen molar-refractivity contribution in [2.45, 2.75) is 39.0 Å². The molecule has 18 heavy (non-hydrogen) atoms. The summed E-state index contributed by atoms with van der Waals surface area (Å²) >= 11 is 0. The molecule has 1 aliphatic rings. The standard InChI is InChI=1S/C16H23NO/c1-16(11-6-12-17-13-16)15(18)10-5-9-14-7-3-2-4-8-14/h2-4,7-8,17H,5-6,9-13H2,1H3. The zero-order valence-corrected chi connectivity index (χ0v) is 11.2. The fourth-order valence-electron chi connectivity index (χ4n) is 2.69. The van der Waals surface area contributed by atoms with Crippen LogP contribution >= 0.6 is 0 Å². The first-order valence-corrected chi connectivity index (χ1v) is 6.99. The van der Waals surface area contributed by atoms with Gasteiger partial charge in [0, 0.05) is 18.4 Å². The van der Waals surface area contributed by atoms with Gasteiger partial charge in [-0.1, -0.05) is 37.3 Å². The second kappa shape index (κ2) is 6.14. The molecule has 1 saturated heterocycles. The number of Topliss-reactive ketones (excluding diaryl/α,β-unsaturated/α-hetero) is 1. The van der Waals surface area contributed by atoms with Gasteiger partial charge in [0.25, 0.3) is 0 Å². The third-order valence-corrected chi connectivity index (χ3v) is 3.98. The summed E-state index contributed by atoms with van der Waals surface area (Å²) in [7, 11) is 0.